The second kappa shape index (κ2) is 8.14. The van der Waals surface area contributed by atoms with Gasteiger partial charge >= 0.3 is 5.69 Å². The van der Waals surface area contributed by atoms with Gasteiger partial charge in [-0.3, -0.25) is 23.5 Å². The fourth-order valence-electron chi connectivity index (χ4n) is 3.29. The number of para-hydroxylation sites is 1. The zero-order chi connectivity index (χ0) is 21.1. The van der Waals surface area contributed by atoms with E-state index in [2.05, 4.69) is 10.6 Å². The molecule has 0 aliphatic carbocycles. The number of hydrogen-bond acceptors (Lipinski definition) is 4. The van der Waals surface area contributed by atoms with Crippen LogP contribution in [0.2, 0.25) is 0 Å². The van der Waals surface area contributed by atoms with Crippen LogP contribution in [-0.2, 0) is 17.9 Å². The maximum Gasteiger partial charge on any atom is 0.331 e. The number of nitrogens with one attached hydrogen (secondary N) is 2. The molecule has 0 atom stereocenters. The monoisotopic (exact) mass is 394 g/mol. The molecule has 2 N–H and O–H groups in total. The number of fused-ring (bicyclic) bond motifs is 1. The van der Waals surface area contributed by atoms with Crippen LogP contribution in [0.1, 0.15) is 22.8 Å². The first kappa shape index (κ1) is 20.1. The predicted octanol–water partition coefficient (Wildman–Crippen LogP) is 1.49. The molecule has 0 radical (unpaired) electrons. The van der Waals surface area contributed by atoms with E-state index in [1.165, 1.54) is 11.6 Å². The van der Waals surface area contributed by atoms with E-state index in [0.29, 0.717) is 27.7 Å². The second-order valence-corrected chi connectivity index (χ2v) is 6.54. The molecule has 0 fully saturated rings. The minimum atomic E-state index is -0.540. The topological polar surface area (TPSA) is 102 Å². The molecule has 8 heteroatoms. The van der Waals surface area contributed by atoms with E-state index >= 15 is 0 Å². The Labute approximate surface area is 166 Å². The van der Waals surface area contributed by atoms with Gasteiger partial charge < -0.3 is 10.6 Å². The number of amides is 2. The standard InChI is InChI=1S/C21H22N4O4/c1-4-24-20(28)15-8-5-6-11-17(15)25(21(24)29)12-18(26)23-16-10-7-9-14(13(16)2)19(27)22-3/h5-11H,4,12H2,1-3H3,(H,22,27)(H,23,26). The highest BCUT2D eigenvalue weighted by Gasteiger charge is 2.16. The summed E-state index contributed by atoms with van der Waals surface area (Å²) in [6.45, 7) is 3.38. The van der Waals surface area contributed by atoms with Crippen LogP contribution < -0.4 is 21.9 Å². The van der Waals surface area contributed by atoms with Gasteiger partial charge in [0.15, 0.2) is 0 Å². The van der Waals surface area contributed by atoms with Crippen molar-refractivity contribution in [3.63, 3.8) is 0 Å². The third kappa shape index (κ3) is 3.69. The molecule has 2 aromatic carbocycles. The zero-order valence-electron chi connectivity index (χ0n) is 16.5. The van der Waals surface area contributed by atoms with E-state index < -0.39 is 11.6 Å². The molecule has 0 aliphatic rings. The summed E-state index contributed by atoms with van der Waals surface area (Å²) in [6, 6.07) is 11.7. The maximum absolute atomic E-state index is 12.8. The zero-order valence-corrected chi connectivity index (χ0v) is 16.5. The molecule has 0 aliphatic heterocycles. The van der Waals surface area contributed by atoms with Gasteiger partial charge in [-0.15, -0.1) is 0 Å². The van der Waals surface area contributed by atoms with Gasteiger partial charge in [0.25, 0.3) is 11.5 Å². The van der Waals surface area contributed by atoms with Crippen LogP contribution in [-0.4, -0.2) is 28.0 Å². The van der Waals surface area contributed by atoms with Crippen molar-refractivity contribution in [2.75, 3.05) is 12.4 Å². The van der Waals surface area contributed by atoms with Crippen molar-refractivity contribution < 1.29 is 9.59 Å². The normalized spacial score (nSPS) is 10.7. The van der Waals surface area contributed by atoms with Crippen LogP contribution in [0.15, 0.2) is 52.1 Å². The van der Waals surface area contributed by atoms with Crippen molar-refractivity contribution in [2.24, 2.45) is 0 Å². The summed E-state index contributed by atoms with van der Waals surface area (Å²) >= 11 is 0. The molecule has 0 saturated heterocycles. The minimum absolute atomic E-state index is 0.206. The number of carbonyl (C=O) groups is 2. The minimum Gasteiger partial charge on any atom is -0.355 e. The van der Waals surface area contributed by atoms with Gasteiger partial charge in [0.1, 0.15) is 6.54 Å². The molecule has 0 spiro atoms. The molecular weight excluding hydrogens is 372 g/mol. The summed E-state index contributed by atoms with van der Waals surface area (Å²) in [4.78, 5) is 49.9. The maximum atomic E-state index is 12.8. The number of hydrogen-bond donors (Lipinski definition) is 2. The van der Waals surface area contributed by atoms with Crippen LogP contribution in [0.25, 0.3) is 10.9 Å². The van der Waals surface area contributed by atoms with Crippen molar-refractivity contribution in [1.29, 1.82) is 0 Å². The Morgan fingerprint density at radius 1 is 1.00 bits per heavy atom. The van der Waals surface area contributed by atoms with Crippen molar-refractivity contribution in [3.8, 4) is 0 Å². The lowest BCUT2D eigenvalue weighted by atomic mass is 10.1. The van der Waals surface area contributed by atoms with Crippen molar-refractivity contribution in [3.05, 3.63) is 74.4 Å². The van der Waals surface area contributed by atoms with Gasteiger partial charge in [0, 0.05) is 24.8 Å². The molecule has 0 bridgehead atoms. The molecule has 29 heavy (non-hydrogen) atoms. The highest BCUT2D eigenvalue weighted by atomic mass is 16.2. The summed E-state index contributed by atoms with van der Waals surface area (Å²) in [7, 11) is 1.53. The summed E-state index contributed by atoms with van der Waals surface area (Å²) in [5, 5.41) is 5.69. The fourth-order valence-corrected chi connectivity index (χ4v) is 3.29. The number of carbonyl (C=O) groups excluding carboxylic acids is 2. The van der Waals surface area contributed by atoms with E-state index in [9.17, 15) is 19.2 Å². The van der Waals surface area contributed by atoms with Crippen molar-refractivity contribution in [1.82, 2.24) is 14.5 Å². The Kier molecular flexibility index (Phi) is 5.63. The first-order valence-corrected chi connectivity index (χ1v) is 9.23. The molecule has 0 unspecified atom stereocenters. The fraction of sp³-hybridized carbons (Fsp3) is 0.238. The van der Waals surface area contributed by atoms with Gasteiger partial charge in [-0.2, -0.15) is 0 Å². The van der Waals surface area contributed by atoms with E-state index in [1.54, 1.807) is 56.3 Å². The van der Waals surface area contributed by atoms with Crippen LogP contribution in [0.4, 0.5) is 5.69 Å². The number of nitrogens with zero attached hydrogens (tertiary/aromatic N) is 2. The predicted molar refractivity (Wildman–Crippen MR) is 111 cm³/mol. The molecule has 1 aromatic heterocycles. The molecule has 3 aromatic rings. The van der Waals surface area contributed by atoms with Crippen molar-refractivity contribution >= 4 is 28.4 Å². The van der Waals surface area contributed by atoms with Gasteiger partial charge in [-0.1, -0.05) is 18.2 Å². The third-order valence-corrected chi connectivity index (χ3v) is 4.83. The lowest BCUT2D eigenvalue weighted by Gasteiger charge is -2.15. The highest BCUT2D eigenvalue weighted by Crippen LogP contribution is 2.19. The van der Waals surface area contributed by atoms with E-state index in [-0.39, 0.29) is 24.6 Å². The molecule has 0 saturated carbocycles. The smallest absolute Gasteiger partial charge is 0.331 e. The quantitative estimate of drug-likeness (QED) is 0.684. The van der Waals surface area contributed by atoms with Gasteiger partial charge in [0.2, 0.25) is 5.91 Å². The highest BCUT2D eigenvalue weighted by molar-refractivity contribution is 5.99. The molecule has 150 valence electrons. The second-order valence-electron chi connectivity index (χ2n) is 6.54. The number of anilines is 1. The SMILES string of the molecule is CCn1c(=O)c2ccccc2n(CC(=O)Nc2cccc(C(=O)NC)c2C)c1=O. The van der Waals surface area contributed by atoms with Crippen LogP contribution in [0, 0.1) is 6.92 Å². The molecule has 2 amide bonds. The molecule has 3 rings (SSSR count). The Hall–Kier alpha value is -3.68. The Morgan fingerprint density at radius 3 is 2.41 bits per heavy atom. The van der Waals surface area contributed by atoms with Crippen LogP contribution in [0.3, 0.4) is 0 Å². The van der Waals surface area contributed by atoms with Gasteiger partial charge in [-0.25, -0.2) is 4.79 Å². The Morgan fingerprint density at radius 2 is 1.72 bits per heavy atom. The number of rotatable bonds is 5. The molecule has 1 heterocycles. The van der Waals surface area contributed by atoms with Gasteiger partial charge in [0.05, 0.1) is 10.9 Å². The van der Waals surface area contributed by atoms with Crippen LogP contribution in [0.5, 0.6) is 0 Å². The largest absolute Gasteiger partial charge is 0.355 e. The Bertz CT molecular complexity index is 1220. The molecular formula is C21H22N4O4. The summed E-state index contributed by atoms with van der Waals surface area (Å²) in [5.74, 6) is -0.688. The first-order valence-electron chi connectivity index (χ1n) is 9.23. The number of aromatic nitrogens is 2. The van der Waals surface area contributed by atoms with E-state index in [0.717, 1.165) is 4.57 Å². The number of benzene rings is 2. The van der Waals surface area contributed by atoms with Crippen molar-refractivity contribution in [2.45, 2.75) is 26.9 Å². The average Bonchev–Trinajstić information content (AvgIpc) is 2.72. The summed E-state index contributed by atoms with van der Waals surface area (Å²) < 4.78 is 2.39. The van der Waals surface area contributed by atoms with Crippen LogP contribution >= 0.6 is 0 Å². The lowest BCUT2D eigenvalue weighted by molar-refractivity contribution is -0.116. The molecule has 8 nitrogen and oxygen atoms in total. The van der Waals surface area contributed by atoms with E-state index in [1.807, 2.05) is 0 Å². The Balaban J connectivity index is 1.99. The average molecular weight is 394 g/mol. The third-order valence-electron chi connectivity index (χ3n) is 4.83. The van der Waals surface area contributed by atoms with E-state index in [4.69, 9.17) is 0 Å². The first-order chi connectivity index (χ1) is 13.9. The lowest BCUT2D eigenvalue weighted by Crippen LogP contribution is -2.41. The summed E-state index contributed by atoms with van der Waals surface area (Å²) in [6.07, 6.45) is 0. The van der Waals surface area contributed by atoms with Gasteiger partial charge in [-0.05, 0) is 43.7 Å². The summed E-state index contributed by atoms with van der Waals surface area (Å²) in [5.41, 5.74) is 1.04.